The van der Waals surface area contributed by atoms with E-state index >= 15 is 0 Å². The SMILES string of the molecule is CCCOc1ccc(C(=O)NNC(=O)c2ccc3c(c2)CCN3S(C)(=O)=O)cc1OC. The van der Waals surface area contributed by atoms with Crippen molar-refractivity contribution in [3.8, 4) is 11.5 Å². The summed E-state index contributed by atoms with van der Waals surface area (Å²) < 4.78 is 35.8. The average molecular weight is 448 g/mol. The van der Waals surface area contributed by atoms with Crippen LogP contribution in [-0.2, 0) is 16.4 Å². The van der Waals surface area contributed by atoms with Crippen molar-refractivity contribution in [1.29, 1.82) is 0 Å². The summed E-state index contributed by atoms with van der Waals surface area (Å²) in [5.41, 5.74) is 6.68. The van der Waals surface area contributed by atoms with Crippen LogP contribution in [0.4, 0.5) is 5.69 Å². The van der Waals surface area contributed by atoms with Crippen molar-refractivity contribution < 1.29 is 27.5 Å². The van der Waals surface area contributed by atoms with E-state index in [1.54, 1.807) is 24.3 Å². The highest BCUT2D eigenvalue weighted by atomic mass is 32.2. The van der Waals surface area contributed by atoms with Gasteiger partial charge in [-0.15, -0.1) is 0 Å². The Morgan fingerprint density at radius 2 is 1.68 bits per heavy atom. The smallest absolute Gasteiger partial charge is 0.269 e. The number of fused-ring (bicyclic) bond motifs is 1. The molecule has 0 atom stereocenters. The first-order chi connectivity index (χ1) is 14.7. The molecule has 1 aliphatic rings. The highest BCUT2D eigenvalue weighted by molar-refractivity contribution is 7.92. The first kappa shape index (κ1) is 22.4. The highest BCUT2D eigenvalue weighted by Gasteiger charge is 2.26. The number of anilines is 1. The van der Waals surface area contributed by atoms with E-state index in [9.17, 15) is 18.0 Å². The van der Waals surface area contributed by atoms with Crippen LogP contribution < -0.4 is 24.6 Å². The standard InChI is InChI=1S/C21H25N3O6S/c1-4-11-30-18-8-6-16(13-19(18)29-2)21(26)23-22-20(25)15-5-7-17-14(12-15)9-10-24(17)31(3,27)28/h5-8,12-13H,4,9-11H2,1-3H3,(H,22,25)(H,23,26). The van der Waals surface area contributed by atoms with Crippen LogP contribution in [0, 0.1) is 0 Å². The van der Waals surface area contributed by atoms with Gasteiger partial charge in [-0.2, -0.15) is 0 Å². The third-order valence-corrected chi connectivity index (χ3v) is 5.95. The molecule has 31 heavy (non-hydrogen) atoms. The monoisotopic (exact) mass is 447 g/mol. The molecule has 0 saturated heterocycles. The number of ether oxygens (including phenoxy) is 2. The number of hydrogen-bond donors (Lipinski definition) is 2. The molecular formula is C21H25N3O6S. The van der Waals surface area contributed by atoms with Crippen LogP contribution in [0.2, 0.25) is 0 Å². The molecule has 2 N–H and O–H groups in total. The van der Waals surface area contributed by atoms with E-state index in [1.807, 2.05) is 6.92 Å². The van der Waals surface area contributed by atoms with E-state index in [4.69, 9.17) is 9.47 Å². The van der Waals surface area contributed by atoms with Crippen molar-refractivity contribution in [2.45, 2.75) is 19.8 Å². The lowest BCUT2D eigenvalue weighted by atomic mass is 10.1. The van der Waals surface area contributed by atoms with Gasteiger partial charge < -0.3 is 9.47 Å². The number of nitrogens with zero attached hydrogens (tertiary/aromatic N) is 1. The molecule has 2 amide bonds. The predicted molar refractivity (Wildman–Crippen MR) is 116 cm³/mol. The molecule has 0 aliphatic carbocycles. The summed E-state index contributed by atoms with van der Waals surface area (Å²) in [6.07, 6.45) is 2.50. The molecule has 0 bridgehead atoms. The van der Waals surface area contributed by atoms with E-state index in [0.717, 1.165) is 18.2 Å². The van der Waals surface area contributed by atoms with Crippen LogP contribution in [0.1, 0.15) is 39.6 Å². The van der Waals surface area contributed by atoms with Gasteiger partial charge in [-0.1, -0.05) is 6.92 Å². The number of hydrogen-bond acceptors (Lipinski definition) is 6. The molecule has 1 heterocycles. The van der Waals surface area contributed by atoms with Crippen LogP contribution >= 0.6 is 0 Å². The van der Waals surface area contributed by atoms with E-state index in [-0.39, 0.29) is 0 Å². The molecule has 0 spiro atoms. The first-order valence-electron chi connectivity index (χ1n) is 9.76. The Morgan fingerprint density at radius 3 is 2.29 bits per heavy atom. The Bertz CT molecular complexity index is 1100. The summed E-state index contributed by atoms with van der Waals surface area (Å²) in [6.45, 7) is 2.86. The van der Waals surface area contributed by atoms with Gasteiger partial charge in [-0.05, 0) is 54.8 Å². The number of amides is 2. The number of carbonyl (C=O) groups excluding carboxylic acids is 2. The number of carbonyl (C=O) groups is 2. The molecule has 2 aromatic carbocycles. The number of benzene rings is 2. The maximum atomic E-state index is 12.5. The first-order valence-corrected chi connectivity index (χ1v) is 11.6. The molecule has 10 heteroatoms. The lowest BCUT2D eigenvalue weighted by Gasteiger charge is -2.16. The minimum absolute atomic E-state index is 0.291. The van der Waals surface area contributed by atoms with Gasteiger partial charge in [0.2, 0.25) is 10.0 Å². The number of hydrazine groups is 1. The minimum atomic E-state index is -3.36. The maximum Gasteiger partial charge on any atom is 0.269 e. The molecule has 9 nitrogen and oxygen atoms in total. The van der Waals surface area contributed by atoms with Crippen molar-refractivity contribution >= 4 is 27.5 Å². The van der Waals surface area contributed by atoms with Crippen LogP contribution in [-0.4, -0.2) is 46.7 Å². The van der Waals surface area contributed by atoms with Gasteiger partial charge >= 0.3 is 0 Å². The molecule has 3 rings (SSSR count). The van der Waals surface area contributed by atoms with E-state index < -0.39 is 21.8 Å². The molecular weight excluding hydrogens is 422 g/mol. The molecule has 1 aliphatic heterocycles. The zero-order chi connectivity index (χ0) is 22.6. The van der Waals surface area contributed by atoms with Crippen LogP contribution in [0.3, 0.4) is 0 Å². The molecule has 0 aromatic heterocycles. The largest absolute Gasteiger partial charge is 0.493 e. The fourth-order valence-corrected chi connectivity index (χ4v) is 4.21. The van der Waals surface area contributed by atoms with Gasteiger partial charge in [0.1, 0.15) is 0 Å². The summed E-state index contributed by atoms with van der Waals surface area (Å²) in [5.74, 6) is -0.0744. The van der Waals surface area contributed by atoms with Crippen molar-refractivity contribution in [3.63, 3.8) is 0 Å². The number of nitrogens with one attached hydrogen (secondary N) is 2. The third-order valence-electron chi connectivity index (χ3n) is 4.77. The van der Waals surface area contributed by atoms with E-state index in [0.29, 0.717) is 47.9 Å². The zero-order valence-electron chi connectivity index (χ0n) is 17.6. The minimum Gasteiger partial charge on any atom is -0.493 e. The number of rotatable bonds is 7. The summed E-state index contributed by atoms with van der Waals surface area (Å²) in [7, 11) is -1.88. The zero-order valence-corrected chi connectivity index (χ0v) is 18.4. The molecule has 2 aromatic rings. The van der Waals surface area contributed by atoms with Crippen molar-refractivity contribution in [2.24, 2.45) is 0 Å². The van der Waals surface area contributed by atoms with Gasteiger partial charge in [-0.25, -0.2) is 8.42 Å². The van der Waals surface area contributed by atoms with Gasteiger partial charge in [0.05, 0.1) is 25.7 Å². The predicted octanol–water partition coefficient (Wildman–Crippen LogP) is 1.88. The second-order valence-corrected chi connectivity index (χ2v) is 8.96. The van der Waals surface area contributed by atoms with Gasteiger partial charge in [0.15, 0.2) is 11.5 Å². The second kappa shape index (κ2) is 9.25. The summed E-state index contributed by atoms with van der Waals surface area (Å²) >= 11 is 0. The van der Waals surface area contributed by atoms with Crippen LogP contribution in [0.15, 0.2) is 36.4 Å². The summed E-state index contributed by atoms with van der Waals surface area (Å²) in [6, 6.07) is 9.49. The van der Waals surface area contributed by atoms with Crippen LogP contribution in [0.25, 0.3) is 0 Å². The fraction of sp³-hybridized carbons (Fsp3) is 0.333. The average Bonchev–Trinajstić information content (AvgIpc) is 3.19. The van der Waals surface area contributed by atoms with Crippen LogP contribution in [0.5, 0.6) is 11.5 Å². The van der Waals surface area contributed by atoms with Crippen molar-refractivity contribution in [1.82, 2.24) is 10.9 Å². The van der Waals surface area contributed by atoms with Gasteiger partial charge in [-0.3, -0.25) is 24.7 Å². The quantitative estimate of drug-likeness (QED) is 0.627. The Labute approximate surface area is 181 Å². The summed E-state index contributed by atoms with van der Waals surface area (Å²) in [4.78, 5) is 24.9. The van der Waals surface area contributed by atoms with Crippen molar-refractivity contribution in [3.05, 3.63) is 53.1 Å². The molecule has 0 saturated carbocycles. The fourth-order valence-electron chi connectivity index (χ4n) is 3.26. The lowest BCUT2D eigenvalue weighted by Crippen LogP contribution is -2.41. The normalized spacial score (nSPS) is 12.8. The van der Waals surface area contributed by atoms with Crippen molar-refractivity contribution in [2.75, 3.05) is 30.8 Å². The second-order valence-electron chi connectivity index (χ2n) is 7.05. The Morgan fingerprint density at radius 1 is 1.03 bits per heavy atom. The molecule has 0 fully saturated rings. The Hall–Kier alpha value is -3.27. The highest BCUT2D eigenvalue weighted by Crippen LogP contribution is 2.31. The number of sulfonamides is 1. The molecule has 0 radical (unpaired) electrons. The van der Waals surface area contributed by atoms with E-state index in [2.05, 4.69) is 10.9 Å². The maximum absolute atomic E-state index is 12.5. The summed E-state index contributed by atoms with van der Waals surface area (Å²) in [5, 5.41) is 0. The molecule has 0 unspecified atom stereocenters. The Balaban J connectivity index is 1.65. The lowest BCUT2D eigenvalue weighted by molar-refractivity contribution is 0.0846. The Kier molecular flexibility index (Phi) is 6.69. The molecule has 166 valence electrons. The van der Waals surface area contributed by atoms with E-state index in [1.165, 1.54) is 23.5 Å². The third kappa shape index (κ3) is 5.08. The van der Waals surface area contributed by atoms with Gasteiger partial charge in [0, 0.05) is 17.7 Å². The topological polar surface area (TPSA) is 114 Å². The van der Waals surface area contributed by atoms with Gasteiger partial charge in [0.25, 0.3) is 11.8 Å². The number of methoxy groups -OCH3 is 1.